The summed E-state index contributed by atoms with van der Waals surface area (Å²) in [7, 11) is 0. The Morgan fingerprint density at radius 1 is 1.17 bits per heavy atom. The summed E-state index contributed by atoms with van der Waals surface area (Å²) in [6.07, 6.45) is 0. The molecular weight excluding hydrogens is 347 g/mol. The topological polar surface area (TPSA) is 50.4 Å². The quantitative estimate of drug-likeness (QED) is 0.679. The molecule has 0 bridgehead atoms. The number of hydrogen-bond acceptors (Lipinski definition) is 3. The van der Waals surface area contributed by atoms with Crippen LogP contribution >= 0.6 is 23.2 Å². The Morgan fingerprint density at radius 3 is 2.62 bits per heavy atom. The first kappa shape index (κ1) is 18.2. The van der Waals surface area contributed by atoms with Crippen LogP contribution in [0.1, 0.15) is 6.92 Å². The molecule has 2 rings (SSSR count). The van der Waals surface area contributed by atoms with Gasteiger partial charge in [-0.25, -0.2) is 0 Å². The number of carbonyl (C=O) groups excluding carboxylic acids is 1. The number of amides is 1. The normalized spacial score (nSPS) is 10.1. The maximum absolute atomic E-state index is 12.1. The average molecular weight is 365 g/mol. The molecule has 0 aromatic heterocycles. The van der Waals surface area contributed by atoms with E-state index in [1.165, 1.54) is 0 Å². The molecule has 0 atom stereocenters. The maximum Gasteiger partial charge on any atom is 0.243 e. The van der Waals surface area contributed by atoms with E-state index in [-0.39, 0.29) is 12.5 Å². The van der Waals surface area contributed by atoms with E-state index in [0.717, 1.165) is 11.3 Å². The molecular formula is C18H18Cl2N2O2. The summed E-state index contributed by atoms with van der Waals surface area (Å²) in [5.74, 6) is 0.464. The maximum atomic E-state index is 12.1. The van der Waals surface area contributed by atoms with Gasteiger partial charge >= 0.3 is 0 Å². The van der Waals surface area contributed by atoms with Crippen LogP contribution in [-0.4, -0.2) is 19.1 Å². The molecule has 0 heterocycles. The molecule has 126 valence electrons. The van der Waals surface area contributed by atoms with E-state index in [9.17, 15) is 4.79 Å². The van der Waals surface area contributed by atoms with Gasteiger partial charge in [0.05, 0.1) is 22.3 Å². The fourth-order valence-corrected chi connectivity index (χ4v) is 2.19. The summed E-state index contributed by atoms with van der Waals surface area (Å²) in [6, 6.07) is 12.3. The van der Waals surface area contributed by atoms with Gasteiger partial charge in [-0.1, -0.05) is 41.9 Å². The smallest absolute Gasteiger partial charge is 0.243 e. The van der Waals surface area contributed by atoms with Crippen molar-refractivity contribution in [3.05, 3.63) is 64.7 Å². The molecule has 2 N–H and O–H groups in total. The molecule has 4 nitrogen and oxygen atoms in total. The van der Waals surface area contributed by atoms with E-state index >= 15 is 0 Å². The summed E-state index contributed by atoms with van der Waals surface area (Å²) in [4.78, 5) is 12.1. The van der Waals surface area contributed by atoms with Crippen molar-refractivity contribution in [1.82, 2.24) is 0 Å². The number of anilines is 2. The van der Waals surface area contributed by atoms with Gasteiger partial charge in [-0.3, -0.25) is 4.79 Å². The molecule has 24 heavy (non-hydrogen) atoms. The van der Waals surface area contributed by atoms with E-state index < -0.39 is 0 Å². The molecule has 0 aliphatic carbocycles. The van der Waals surface area contributed by atoms with Crippen LogP contribution in [0.25, 0.3) is 0 Å². The van der Waals surface area contributed by atoms with Gasteiger partial charge in [0.15, 0.2) is 0 Å². The monoisotopic (exact) mass is 364 g/mol. The number of halogens is 2. The highest BCUT2D eigenvalue weighted by atomic mass is 35.5. The Labute approximate surface area is 151 Å². The zero-order chi connectivity index (χ0) is 17.5. The minimum absolute atomic E-state index is 0.0910. The highest BCUT2D eigenvalue weighted by molar-refractivity contribution is 6.42. The zero-order valence-electron chi connectivity index (χ0n) is 13.2. The van der Waals surface area contributed by atoms with Crippen molar-refractivity contribution < 1.29 is 9.53 Å². The lowest BCUT2D eigenvalue weighted by Gasteiger charge is -2.13. The second kappa shape index (κ2) is 8.62. The van der Waals surface area contributed by atoms with Crippen LogP contribution in [0, 0.1) is 0 Å². The van der Waals surface area contributed by atoms with Crippen molar-refractivity contribution in [3.8, 4) is 5.75 Å². The predicted octanol–water partition coefficient (Wildman–Crippen LogP) is 5.00. The number of nitrogens with one attached hydrogen (secondary N) is 2. The van der Waals surface area contributed by atoms with E-state index in [1.807, 2.05) is 31.2 Å². The molecule has 0 saturated carbocycles. The number of rotatable bonds is 7. The molecule has 0 fully saturated rings. The first-order valence-electron chi connectivity index (χ1n) is 7.30. The number of para-hydroxylation sites is 2. The molecule has 0 aliphatic rings. The Balaban J connectivity index is 1.94. The second-order valence-electron chi connectivity index (χ2n) is 5.27. The standard InChI is InChI=1S/C18H18Cl2N2O2/c1-12(2)11-24-17-6-4-3-5-16(17)21-10-18(23)22-13-7-8-14(19)15(20)9-13/h3-9,21H,1,10-11H2,2H3,(H,22,23). The summed E-state index contributed by atoms with van der Waals surface area (Å²) >= 11 is 11.8. The number of benzene rings is 2. The highest BCUT2D eigenvalue weighted by Gasteiger charge is 2.07. The van der Waals surface area contributed by atoms with Crippen LogP contribution in [0.5, 0.6) is 5.75 Å². The summed E-state index contributed by atoms with van der Waals surface area (Å²) < 4.78 is 5.65. The van der Waals surface area contributed by atoms with Crippen molar-refractivity contribution in [2.24, 2.45) is 0 Å². The third-order valence-electron chi connectivity index (χ3n) is 3.00. The first-order chi connectivity index (χ1) is 11.5. The van der Waals surface area contributed by atoms with Crippen LogP contribution < -0.4 is 15.4 Å². The molecule has 6 heteroatoms. The zero-order valence-corrected chi connectivity index (χ0v) is 14.7. The molecule has 2 aromatic carbocycles. The Kier molecular flexibility index (Phi) is 6.53. The lowest BCUT2D eigenvalue weighted by atomic mass is 10.3. The molecule has 0 radical (unpaired) electrons. The van der Waals surface area contributed by atoms with E-state index in [4.69, 9.17) is 27.9 Å². The lowest BCUT2D eigenvalue weighted by Crippen LogP contribution is -2.22. The van der Waals surface area contributed by atoms with E-state index in [0.29, 0.717) is 28.1 Å². The van der Waals surface area contributed by atoms with Crippen molar-refractivity contribution in [3.63, 3.8) is 0 Å². The van der Waals surface area contributed by atoms with Crippen LogP contribution in [0.3, 0.4) is 0 Å². The summed E-state index contributed by atoms with van der Waals surface area (Å²) in [5, 5.41) is 6.64. The van der Waals surface area contributed by atoms with Crippen molar-refractivity contribution in [1.29, 1.82) is 0 Å². The van der Waals surface area contributed by atoms with Gasteiger partial charge in [0.1, 0.15) is 12.4 Å². The van der Waals surface area contributed by atoms with Gasteiger partial charge in [-0.2, -0.15) is 0 Å². The second-order valence-corrected chi connectivity index (χ2v) is 6.09. The predicted molar refractivity (Wildman–Crippen MR) is 100 cm³/mol. The lowest BCUT2D eigenvalue weighted by molar-refractivity contribution is -0.114. The summed E-state index contributed by atoms with van der Waals surface area (Å²) in [6.45, 7) is 6.21. The van der Waals surface area contributed by atoms with Gasteiger partial charge in [0, 0.05) is 5.69 Å². The molecule has 1 amide bonds. The minimum atomic E-state index is -0.205. The van der Waals surface area contributed by atoms with Gasteiger partial charge in [0.2, 0.25) is 5.91 Å². The third kappa shape index (κ3) is 5.48. The number of hydrogen-bond donors (Lipinski definition) is 2. The fourth-order valence-electron chi connectivity index (χ4n) is 1.89. The Morgan fingerprint density at radius 2 is 1.92 bits per heavy atom. The van der Waals surface area contributed by atoms with Crippen molar-refractivity contribution in [2.75, 3.05) is 23.8 Å². The third-order valence-corrected chi connectivity index (χ3v) is 3.74. The Bertz CT molecular complexity index is 748. The molecule has 0 spiro atoms. The Hall–Kier alpha value is -2.17. The van der Waals surface area contributed by atoms with Crippen LogP contribution in [0.2, 0.25) is 10.0 Å². The molecule has 0 saturated heterocycles. The van der Waals surface area contributed by atoms with Crippen LogP contribution in [0.4, 0.5) is 11.4 Å². The molecule has 0 aliphatic heterocycles. The number of carbonyl (C=O) groups is 1. The van der Waals surface area contributed by atoms with E-state index in [1.54, 1.807) is 18.2 Å². The van der Waals surface area contributed by atoms with E-state index in [2.05, 4.69) is 17.2 Å². The highest BCUT2D eigenvalue weighted by Crippen LogP contribution is 2.26. The fraction of sp³-hybridized carbons (Fsp3) is 0.167. The number of ether oxygens (including phenoxy) is 1. The average Bonchev–Trinajstić information content (AvgIpc) is 2.55. The first-order valence-corrected chi connectivity index (χ1v) is 8.06. The van der Waals surface area contributed by atoms with Gasteiger partial charge in [-0.05, 0) is 42.8 Å². The molecule has 2 aromatic rings. The minimum Gasteiger partial charge on any atom is -0.487 e. The van der Waals surface area contributed by atoms with Gasteiger partial charge in [-0.15, -0.1) is 0 Å². The molecule has 0 unspecified atom stereocenters. The largest absolute Gasteiger partial charge is 0.487 e. The SMILES string of the molecule is C=C(C)COc1ccccc1NCC(=O)Nc1ccc(Cl)c(Cl)c1. The van der Waals surface area contributed by atoms with Crippen molar-refractivity contribution >= 4 is 40.5 Å². The summed E-state index contributed by atoms with van der Waals surface area (Å²) in [5.41, 5.74) is 2.24. The van der Waals surface area contributed by atoms with Gasteiger partial charge in [0.25, 0.3) is 0 Å². The van der Waals surface area contributed by atoms with Crippen LogP contribution in [0.15, 0.2) is 54.6 Å². The van der Waals surface area contributed by atoms with Gasteiger partial charge < -0.3 is 15.4 Å². The van der Waals surface area contributed by atoms with Crippen LogP contribution in [-0.2, 0) is 4.79 Å². The van der Waals surface area contributed by atoms with Crippen molar-refractivity contribution in [2.45, 2.75) is 6.92 Å².